The van der Waals surface area contributed by atoms with Gasteiger partial charge in [-0.3, -0.25) is 4.79 Å². The first kappa shape index (κ1) is 11.8. The van der Waals surface area contributed by atoms with E-state index in [9.17, 15) is 4.79 Å². The molecule has 0 unspecified atom stereocenters. The SMILES string of the molecule is COC(=O)C12CCC(c3ncc(C)o3)(CC1)CC2. The van der Waals surface area contributed by atoms with Gasteiger partial charge in [-0.1, -0.05) is 0 Å². The molecule has 3 fully saturated rings. The minimum absolute atomic E-state index is 0.0283. The summed E-state index contributed by atoms with van der Waals surface area (Å²) in [6, 6.07) is 0. The number of methoxy groups -OCH3 is 1. The number of rotatable bonds is 2. The Morgan fingerprint density at radius 1 is 1.28 bits per heavy atom. The second kappa shape index (κ2) is 3.84. The fraction of sp³-hybridized carbons (Fsp3) is 0.714. The molecule has 0 radical (unpaired) electrons. The summed E-state index contributed by atoms with van der Waals surface area (Å²) in [5, 5.41) is 0. The van der Waals surface area contributed by atoms with E-state index in [1.54, 1.807) is 6.20 Å². The average Bonchev–Trinajstić information content (AvgIpc) is 2.87. The Hall–Kier alpha value is -1.32. The van der Waals surface area contributed by atoms with Gasteiger partial charge in [0.25, 0.3) is 0 Å². The predicted molar refractivity (Wildman–Crippen MR) is 65.1 cm³/mol. The molecule has 4 rings (SSSR count). The van der Waals surface area contributed by atoms with Crippen molar-refractivity contribution in [2.24, 2.45) is 5.41 Å². The van der Waals surface area contributed by atoms with Crippen LogP contribution in [0, 0.1) is 12.3 Å². The zero-order valence-electron chi connectivity index (χ0n) is 11.0. The van der Waals surface area contributed by atoms with E-state index in [1.165, 1.54) is 7.11 Å². The number of carbonyl (C=O) groups excluding carboxylic acids is 1. The van der Waals surface area contributed by atoms with Crippen LogP contribution in [0.4, 0.5) is 0 Å². The van der Waals surface area contributed by atoms with Crippen molar-refractivity contribution in [1.29, 1.82) is 0 Å². The summed E-state index contributed by atoms with van der Waals surface area (Å²) in [4.78, 5) is 16.3. The Labute approximate surface area is 107 Å². The molecular weight excluding hydrogens is 230 g/mol. The van der Waals surface area contributed by atoms with Gasteiger partial charge in [0.15, 0.2) is 0 Å². The standard InChI is InChI=1S/C14H19NO3/c1-10-9-15-11(18-10)13-3-6-14(7-4-13,8-5-13)12(16)17-2/h9H,3-8H2,1-2H3. The largest absolute Gasteiger partial charge is 0.469 e. The van der Waals surface area contributed by atoms with E-state index in [-0.39, 0.29) is 16.8 Å². The van der Waals surface area contributed by atoms with Gasteiger partial charge in [-0.25, -0.2) is 4.98 Å². The highest BCUT2D eigenvalue weighted by molar-refractivity contribution is 5.77. The van der Waals surface area contributed by atoms with E-state index in [1.807, 2.05) is 6.92 Å². The fourth-order valence-corrected chi connectivity index (χ4v) is 3.63. The lowest BCUT2D eigenvalue weighted by Gasteiger charge is -2.50. The van der Waals surface area contributed by atoms with Crippen LogP contribution in [0.15, 0.2) is 10.6 Å². The number of hydrogen-bond acceptors (Lipinski definition) is 4. The molecule has 0 aliphatic heterocycles. The summed E-state index contributed by atoms with van der Waals surface area (Å²) < 4.78 is 10.7. The molecule has 0 aromatic carbocycles. The number of fused-ring (bicyclic) bond motifs is 3. The Kier molecular flexibility index (Phi) is 2.50. The van der Waals surface area contributed by atoms with Gasteiger partial charge in [0.2, 0.25) is 5.89 Å². The maximum atomic E-state index is 11.9. The third kappa shape index (κ3) is 1.51. The van der Waals surface area contributed by atoms with Crippen molar-refractivity contribution in [2.75, 3.05) is 7.11 Å². The summed E-state index contributed by atoms with van der Waals surface area (Å²) >= 11 is 0. The number of aryl methyl sites for hydroxylation is 1. The second-order valence-electron chi connectivity index (χ2n) is 5.83. The minimum atomic E-state index is -0.224. The normalized spacial score (nSPS) is 34.6. The number of esters is 1. The highest BCUT2D eigenvalue weighted by Crippen LogP contribution is 2.57. The number of carbonyl (C=O) groups is 1. The van der Waals surface area contributed by atoms with Crippen molar-refractivity contribution in [1.82, 2.24) is 4.98 Å². The van der Waals surface area contributed by atoms with Crippen LogP contribution in [0.25, 0.3) is 0 Å². The Morgan fingerprint density at radius 3 is 2.33 bits per heavy atom. The molecule has 0 spiro atoms. The summed E-state index contributed by atoms with van der Waals surface area (Å²) in [5.74, 6) is 1.72. The lowest BCUT2D eigenvalue weighted by Crippen LogP contribution is -2.48. The maximum absolute atomic E-state index is 11.9. The number of aromatic nitrogens is 1. The van der Waals surface area contributed by atoms with Crippen molar-refractivity contribution < 1.29 is 13.9 Å². The van der Waals surface area contributed by atoms with Gasteiger partial charge >= 0.3 is 5.97 Å². The molecule has 0 N–H and O–H groups in total. The van der Waals surface area contributed by atoms with Crippen LogP contribution in [-0.2, 0) is 14.9 Å². The Bertz CT molecular complexity index is 453. The Morgan fingerprint density at radius 2 is 1.89 bits per heavy atom. The summed E-state index contributed by atoms with van der Waals surface area (Å²) in [5.41, 5.74) is -0.151. The van der Waals surface area contributed by atoms with Crippen molar-refractivity contribution >= 4 is 5.97 Å². The lowest BCUT2D eigenvalue weighted by molar-refractivity contribution is -0.160. The smallest absolute Gasteiger partial charge is 0.311 e. The van der Waals surface area contributed by atoms with Crippen molar-refractivity contribution in [3.05, 3.63) is 17.8 Å². The van der Waals surface area contributed by atoms with E-state index in [2.05, 4.69) is 4.98 Å². The quantitative estimate of drug-likeness (QED) is 0.756. The zero-order chi connectivity index (χ0) is 12.8. The molecule has 3 saturated carbocycles. The summed E-state index contributed by atoms with van der Waals surface area (Å²) in [6.07, 6.45) is 7.47. The topological polar surface area (TPSA) is 52.3 Å². The molecule has 3 aliphatic carbocycles. The van der Waals surface area contributed by atoms with Crippen LogP contribution in [0.2, 0.25) is 0 Å². The predicted octanol–water partition coefficient (Wildman–Crippen LogP) is 2.75. The molecule has 4 nitrogen and oxygen atoms in total. The molecule has 2 bridgehead atoms. The van der Waals surface area contributed by atoms with Crippen LogP contribution in [0.1, 0.15) is 50.2 Å². The monoisotopic (exact) mass is 249 g/mol. The molecule has 98 valence electrons. The van der Waals surface area contributed by atoms with Gasteiger partial charge in [-0.05, 0) is 45.4 Å². The van der Waals surface area contributed by atoms with Crippen LogP contribution in [-0.4, -0.2) is 18.1 Å². The molecule has 4 heteroatoms. The molecule has 18 heavy (non-hydrogen) atoms. The second-order valence-corrected chi connectivity index (χ2v) is 5.83. The molecule has 0 amide bonds. The molecule has 1 aromatic heterocycles. The van der Waals surface area contributed by atoms with E-state index < -0.39 is 0 Å². The van der Waals surface area contributed by atoms with Gasteiger partial charge in [-0.15, -0.1) is 0 Å². The van der Waals surface area contributed by atoms with E-state index >= 15 is 0 Å². The third-order valence-corrected chi connectivity index (χ3v) is 4.94. The molecule has 1 heterocycles. The van der Waals surface area contributed by atoms with Crippen LogP contribution in [0.3, 0.4) is 0 Å². The van der Waals surface area contributed by atoms with Crippen LogP contribution in [0.5, 0.6) is 0 Å². The average molecular weight is 249 g/mol. The first-order valence-corrected chi connectivity index (χ1v) is 6.62. The number of ether oxygens (including phenoxy) is 1. The molecule has 1 aromatic rings. The first-order chi connectivity index (χ1) is 8.60. The zero-order valence-corrected chi connectivity index (χ0v) is 11.0. The highest BCUT2D eigenvalue weighted by atomic mass is 16.5. The first-order valence-electron chi connectivity index (χ1n) is 6.62. The van der Waals surface area contributed by atoms with Crippen LogP contribution < -0.4 is 0 Å². The van der Waals surface area contributed by atoms with E-state index in [0.717, 1.165) is 50.2 Å². The molecule has 0 saturated heterocycles. The number of nitrogens with zero attached hydrogens (tertiary/aromatic N) is 1. The molecule has 0 atom stereocenters. The third-order valence-electron chi connectivity index (χ3n) is 4.94. The van der Waals surface area contributed by atoms with Crippen molar-refractivity contribution in [3.63, 3.8) is 0 Å². The van der Waals surface area contributed by atoms with Gasteiger partial charge in [0, 0.05) is 5.41 Å². The van der Waals surface area contributed by atoms with Gasteiger partial charge < -0.3 is 9.15 Å². The Balaban J connectivity index is 1.85. The molecular formula is C14H19NO3. The number of oxazole rings is 1. The summed E-state index contributed by atoms with van der Waals surface area (Å²) in [6.45, 7) is 1.93. The van der Waals surface area contributed by atoms with Gasteiger partial charge in [0.05, 0.1) is 18.7 Å². The van der Waals surface area contributed by atoms with Gasteiger partial charge in [-0.2, -0.15) is 0 Å². The molecule has 3 aliphatic rings. The fourth-order valence-electron chi connectivity index (χ4n) is 3.63. The van der Waals surface area contributed by atoms with Crippen molar-refractivity contribution in [3.8, 4) is 0 Å². The van der Waals surface area contributed by atoms with Crippen LogP contribution >= 0.6 is 0 Å². The van der Waals surface area contributed by atoms with Crippen molar-refractivity contribution in [2.45, 2.75) is 50.9 Å². The number of hydrogen-bond donors (Lipinski definition) is 0. The van der Waals surface area contributed by atoms with Gasteiger partial charge in [0.1, 0.15) is 5.76 Å². The highest BCUT2D eigenvalue weighted by Gasteiger charge is 2.55. The lowest BCUT2D eigenvalue weighted by atomic mass is 9.53. The maximum Gasteiger partial charge on any atom is 0.311 e. The minimum Gasteiger partial charge on any atom is -0.469 e. The summed E-state index contributed by atoms with van der Waals surface area (Å²) in [7, 11) is 1.49. The van der Waals surface area contributed by atoms with E-state index in [0.29, 0.717) is 0 Å². The van der Waals surface area contributed by atoms with E-state index in [4.69, 9.17) is 9.15 Å².